The van der Waals surface area contributed by atoms with Crippen molar-refractivity contribution in [3.05, 3.63) is 46.5 Å². The Kier molecular flexibility index (Phi) is 6.18. The number of benzene rings is 1. The van der Waals surface area contributed by atoms with Gasteiger partial charge in [0.25, 0.3) is 5.91 Å². The molecule has 182 valence electrons. The van der Waals surface area contributed by atoms with Gasteiger partial charge < -0.3 is 26.4 Å². The molecular weight excluding hydrogens is 430 g/mol. The van der Waals surface area contributed by atoms with Gasteiger partial charge in [-0.05, 0) is 60.9 Å². The molecule has 1 aliphatic carbocycles. The number of carbonyl (C=O) groups is 2. The molecule has 1 aromatic carbocycles. The molecule has 34 heavy (non-hydrogen) atoms. The number of carbonyl (C=O) groups excluding carboxylic acids is 1. The van der Waals surface area contributed by atoms with Crippen LogP contribution >= 0.6 is 0 Å². The lowest BCUT2D eigenvalue weighted by molar-refractivity contribution is 0.0720. The fraction of sp³-hybridized carbons (Fsp3) is 0.500. The number of pyridine rings is 1. The van der Waals surface area contributed by atoms with Gasteiger partial charge in [0.1, 0.15) is 11.6 Å². The van der Waals surface area contributed by atoms with Crippen molar-refractivity contribution in [2.24, 2.45) is 5.41 Å². The second-order valence-electron chi connectivity index (χ2n) is 10.6. The largest absolute Gasteiger partial charge is 0.465 e. The Labute approximate surface area is 200 Å². The third-order valence-electron chi connectivity index (χ3n) is 7.39. The molecule has 1 saturated carbocycles. The van der Waals surface area contributed by atoms with Gasteiger partial charge in [0.2, 0.25) is 0 Å². The number of hydrogen-bond acceptors (Lipinski definition) is 5. The predicted molar refractivity (Wildman–Crippen MR) is 134 cm³/mol. The topological polar surface area (TPSA) is 115 Å². The highest BCUT2D eigenvalue weighted by molar-refractivity contribution is 6.04. The van der Waals surface area contributed by atoms with Crippen LogP contribution < -0.4 is 21.3 Å². The van der Waals surface area contributed by atoms with Crippen molar-refractivity contribution < 1.29 is 14.7 Å². The maximum Gasteiger partial charge on any atom is 0.405 e. The molecule has 0 saturated heterocycles. The molecule has 8 nitrogen and oxygen atoms in total. The lowest BCUT2D eigenvalue weighted by Gasteiger charge is -2.52. The molecule has 8 heteroatoms. The van der Waals surface area contributed by atoms with Crippen LogP contribution in [0.3, 0.4) is 0 Å². The number of fused-ring (bicyclic) bond motifs is 1. The summed E-state index contributed by atoms with van der Waals surface area (Å²) in [5, 5.41) is 22.5. The Balaban J connectivity index is 1.77. The standard InChI is InChI=1S/C26H35N5O3/c1-15-9-8-10-17(13-15)28-22-20-18(14-27-23(20)32)16(2)21(30-22)29-19-11-6-7-12-26(19,25(3,4)5)31-24(33)34/h8-10,13,19,31H,6-7,11-12,14H2,1-5H3,(H,27,32)(H,33,34)(H2,28,29,30). The molecule has 1 aromatic heterocycles. The van der Waals surface area contributed by atoms with Crippen molar-refractivity contribution in [1.82, 2.24) is 15.6 Å². The molecule has 2 unspecified atom stereocenters. The van der Waals surface area contributed by atoms with Crippen molar-refractivity contribution >= 4 is 29.3 Å². The molecule has 1 aliphatic heterocycles. The summed E-state index contributed by atoms with van der Waals surface area (Å²) in [6.45, 7) is 10.7. The number of nitrogens with one attached hydrogen (secondary N) is 4. The molecule has 2 heterocycles. The van der Waals surface area contributed by atoms with Crippen LogP contribution in [0.1, 0.15) is 73.5 Å². The van der Waals surface area contributed by atoms with E-state index in [2.05, 4.69) is 42.0 Å². The third-order valence-corrected chi connectivity index (χ3v) is 7.39. The molecule has 2 amide bonds. The number of hydrogen-bond donors (Lipinski definition) is 5. The van der Waals surface area contributed by atoms with Crippen LogP contribution in [0, 0.1) is 19.3 Å². The van der Waals surface area contributed by atoms with Crippen LogP contribution in [0.15, 0.2) is 24.3 Å². The molecule has 5 N–H and O–H groups in total. The van der Waals surface area contributed by atoms with E-state index in [0.29, 0.717) is 23.7 Å². The zero-order valence-electron chi connectivity index (χ0n) is 20.6. The normalized spacial score (nSPS) is 22.0. The van der Waals surface area contributed by atoms with Gasteiger partial charge in [-0.2, -0.15) is 0 Å². The number of aromatic nitrogens is 1. The lowest BCUT2D eigenvalue weighted by Crippen LogP contribution is -2.67. The van der Waals surface area contributed by atoms with Crippen LogP contribution in [0.4, 0.5) is 22.1 Å². The summed E-state index contributed by atoms with van der Waals surface area (Å²) < 4.78 is 0. The number of carboxylic acid groups (broad SMARTS) is 1. The van der Waals surface area contributed by atoms with Crippen LogP contribution in [0.2, 0.25) is 0 Å². The van der Waals surface area contributed by atoms with Crippen LogP contribution in [-0.2, 0) is 6.54 Å². The maximum atomic E-state index is 12.7. The summed E-state index contributed by atoms with van der Waals surface area (Å²) in [5.74, 6) is 1.05. The highest BCUT2D eigenvalue weighted by Crippen LogP contribution is 2.44. The number of amides is 2. The Morgan fingerprint density at radius 2 is 1.97 bits per heavy atom. The first-order valence-electron chi connectivity index (χ1n) is 11.9. The van der Waals surface area contributed by atoms with Gasteiger partial charge in [-0.3, -0.25) is 4.79 Å². The van der Waals surface area contributed by atoms with Crippen molar-refractivity contribution in [1.29, 1.82) is 0 Å². The van der Waals surface area contributed by atoms with Crippen LogP contribution in [0.25, 0.3) is 0 Å². The number of rotatable bonds is 5. The summed E-state index contributed by atoms with van der Waals surface area (Å²) in [6.07, 6.45) is 2.53. The first-order valence-corrected chi connectivity index (χ1v) is 11.9. The van der Waals surface area contributed by atoms with Crippen molar-refractivity contribution in [3.8, 4) is 0 Å². The Bertz CT molecular complexity index is 1120. The molecular formula is C26H35N5O3. The molecule has 0 bridgehead atoms. The average molecular weight is 466 g/mol. The van der Waals surface area contributed by atoms with Gasteiger partial charge in [0, 0.05) is 12.2 Å². The van der Waals surface area contributed by atoms with Crippen molar-refractivity contribution in [3.63, 3.8) is 0 Å². The second kappa shape index (κ2) is 8.81. The first kappa shape index (κ1) is 23.9. The minimum atomic E-state index is -1.01. The second-order valence-corrected chi connectivity index (χ2v) is 10.6. The molecule has 2 atom stereocenters. The van der Waals surface area contributed by atoms with Crippen molar-refractivity contribution in [2.45, 2.75) is 78.4 Å². The SMILES string of the molecule is Cc1cccc(Nc2nc(NC3CCCCC3(NC(=O)O)C(C)(C)C)c(C)c3c2C(=O)NC3)c1. The minimum absolute atomic E-state index is 0.137. The highest BCUT2D eigenvalue weighted by Gasteiger charge is 2.50. The van der Waals surface area contributed by atoms with Gasteiger partial charge in [-0.15, -0.1) is 0 Å². The fourth-order valence-electron chi connectivity index (χ4n) is 5.50. The van der Waals surface area contributed by atoms with Gasteiger partial charge in [0.05, 0.1) is 17.1 Å². The first-order chi connectivity index (χ1) is 16.0. The number of aryl methyl sites for hydroxylation is 1. The predicted octanol–water partition coefficient (Wildman–Crippen LogP) is 5.09. The summed E-state index contributed by atoms with van der Waals surface area (Å²) in [5.41, 5.74) is 3.40. The molecule has 1 fully saturated rings. The molecule has 0 spiro atoms. The highest BCUT2D eigenvalue weighted by atomic mass is 16.4. The zero-order chi connectivity index (χ0) is 24.7. The van der Waals surface area contributed by atoms with E-state index in [4.69, 9.17) is 4.98 Å². The van der Waals surface area contributed by atoms with E-state index in [1.165, 1.54) is 0 Å². The summed E-state index contributed by atoms with van der Waals surface area (Å²) in [4.78, 5) is 29.4. The Morgan fingerprint density at radius 3 is 2.65 bits per heavy atom. The Morgan fingerprint density at radius 1 is 1.21 bits per heavy atom. The van der Waals surface area contributed by atoms with Crippen molar-refractivity contribution in [2.75, 3.05) is 10.6 Å². The molecule has 2 aromatic rings. The summed E-state index contributed by atoms with van der Waals surface area (Å²) in [6, 6.07) is 7.80. The van der Waals surface area contributed by atoms with Gasteiger partial charge in [0.15, 0.2) is 0 Å². The van der Waals surface area contributed by atoms with Crippen LogP contribution in [-0.4, -0.2) is 33.7 Å². The van der Waals surface area contributed by atoms with E-state index in [9.17, 15) is 14.7 Å². The van der Waals surface area contributed by atoms with E-state index >= 15 is 0 Å². The summed E-state index contributed by atoms with van der Waals surface area (Å²) >= 11 is 0. The number of nitrogens with zero attached hydrogens (tertiary/aromatic N) is 1. The Hall–Kier alpha value is -3.29. The third kappa shape index (κ3) is 4.29. The lowest BCUT2D eigenvalue weighted by atomic mass is 9.62. The van der Waals surface area contributed by atoms with E-state index < -0.39 is 11.6 Å². The van der Waals surface area contributed by atoms with Gasteiger partial charge in [-0.25, -0.2) is 9.78 Å². The molecule has 0 radical (unpaired) electrons. The monoisotopic (exact) mass is 465 g/mol. The smallest absolute Gasteiger partial charge is 0.405 e. The van der Waals surface area contributed by atoms with E-state index in [1.807, 2.05) is 38.1 Å². The van der Waals surface area contributed by atoms with Crippen LogP contribution in [0.5, 0.6) is 0 Å². The quantitative estimate of drug-likeness (QED) is 0.420. The van der Waals surface area contributed by atoms with E-state index in [-0.39, 0.29) is 17.4 Å². The minimum Gasteiger partial charge on any atom is -0.465 e. The number of anilines is 3. The van der Waals surface area contributed by atoms with Gasteiger partial charge in [-0.1, -0.05) is 45.7 Å². The van der Waals surface area contributed by atoms with E-state index in [0.717, 1.165) is 48.1 Å². The van der Waals surface area contributed by atoms with E-state index in [1.54, 1.807) is 0 Å². The average Bonchev–Trinajstić information content (AvgIpc) is 3.14. The van der Waals surface area contributed by atoms with Gasteiger partial charge >= 0.3 is 6.09 Å². The summed E-state index contributed by atoms with van der Waals surface area (Å²) in [7, 11) is 0. The molecule has 2 aliphatic rings. The molecule has 4 rings (SSSR count). The zero-order valence-corrected chi connectivity index (χ0v) is 20.6. The fourth-order valence-corrected chi connectivity index (χ4v) is 5.50. The maximum absolute atomic E-state index is 12.7.